The van der Waals surface area contributed by atoms with Crippen molar-refractivity contribution in [3.63, 3.8) is 0 Å². The highest BCUT2D eigenvalue weighted by Gasteiger charge is 2.36. The molecular formula is C21H17F2N3O. The molecule has 6 heteroatoms. The molecule has 0 unspecified atom stereocenters. The Bertz CT molecular complexity index is 1110. The fourth-order valence-electron chi connectivity index (χ4n) is 3.32. The van der Waals surface area contributed by atoms with Gasteiger partial charge in [0.1, 0.15) is 11.5 Å². The third-order valence-corrected chi connectivity index (χ3v) is 4.97. The van der Waals surface area contributed by atoms with Crippen molar-refractivity contribution in [3.8, 4) is 11.8 Å². The summed E-state index contributed by atoms with van der Waals surface area (Å²) in [4.78, 5) is 21.5. The molecule has 1 aromatic carbocycles. The van der Waals surface area contributed by atoms with Crippen LogP contribution in [0.5, 0.6) is 0 Å². The van der Waals surface area contributed by atoms with E-state index in [-0.39, 0.29) is 12.1 Å². The van der Waals surface area contributed by atoms with Gasteiger partial charge in [0.2, 0.25) is 0 Å². The Labute approximate surface area is 154 Å². The van der Waals surface area contributed by atoms with Gasteiger partial charge in [-0.25, -0.2) is 9.97 Å². The van der Waals surface area contributed by atoms with Crippen molar-refractivity contribution >= 4 is 10.9 Å². The highest BCUT2D eigenvalue weighted by Crippen LogP contribution is 2.32. The fraction of sp³-hybridized carbons (Fsp3) is 0.286. The Hall–Kier alpha value is -3.07. The third-order valence-electron chi connectivity index (χ3n) is 4.97. The molecule has 4 nitrogen and oxygen atoms in total. The summed E-state index contributed by atoms with van der Waals surface area (Å²) in [6, 6.07) is 10.7. The fourth-order valence-corrected chi connectivity index (χ4v) is 3.32. The second kappa shape index (κ2) is 6.92. The van der Waals surface area contributed by atoms with Gasteiger partial charge in [-0.1, -0.05) is 12.0 Å². The first-order valence-electron chi connectivity index (χ1n) is 8.73. The Morgan fingerprint density at radius 2 is 2.00 bits per heavy atom. The number of nitrogens with zero attached hydrogens (tertiary/aromatic N) is 3. The van der Waals surface area contributed by atoms with Crippen molar-refractivity contribution in [1.29, 1.82) is 0 Å². The minimum Gasteiger partial charge on any atom is -0.295 e. The summed E-state index contributed by atoms with van der Waals surface area (Å²) in [7, 11) is 0. The number of rotatable bonds is 2. The molecule has 0 radical (unpaired) electrons. The molecule has 3 aromatic rings. The molecule has 0 N–H and O–H groups in total. The Balaban J connectivity index is 1.75. The average Bonchev–Trinajstić information content (AvgIpc) is 2.73. The molecule has 0 bridgehead atoms. The number of fused-ring (bicyclic) bond motifs is 2. The van der Waals surface area contributed by atoms with Gasteiger partial charge in [0.05, 0.1) is 24.3 Å². The number of hydrogen-bond acceptors (Lipinski definition) is 3. The zero-order valence-corrected chi connectivity index (χ0v) is 14.6. The maximum Gasteiger partial charge on any atom is 0.261 e. The number of benzene rings is 1. The second-order valence-electron chi connectivity index (χ2n) is 6.88. The van der Waals surface area contributed by atoms with Crippen LogP contribution in [0.15, 0.2) is 47.4 Å². The van der Waals surface area contributed by atoms with Crippen molar-refractivity contribution in [2.24, 2.45) is 5.41 Å². The van der Waals surface area contributed by atoms with Crippen molar-refractivity contribution in [2.45, 2.75) is 19.4 Å². The van der Waals surface area contributed by atoms with E-state index in [4.69, 9.17) is 0 Å². The topological polar surface area (TPSA) is 47.8 Å². The lowest BCUT2D eigenvalue weighted by Gasteiger charge is -2.33. The van der Waals surface area contributed by atoms with Crippen LogP contribution in [0.4, 0.5) is 8.78 Å². The van der Waals surface area contributed by atoms with E-state index in [0.29, 0.717) is 35.3 Å². The van der Waals surface area contributed by atoms with E-state index < -0.39 is 18.8 Å². The monoisotopic (exact) mass is 365 g/mol. The van der Waals surface area contributed by atoms with Crippen LogP contribution in [0.25, 0.3) is 10.9 Å². The van der Waals surface area contributed by atoms with E-state index in [0.717, 1.165) is 5.56 Å². The van der Waals surface area contributed by atoms with Gasteiger partial charge in [-0.2, -0.15) is 0 Å². The molecule has 0 amide bonds. The molecule has 1 aliphatic heterocycles. The molecule has 27 heavy (non-hydrogen) atoms. The number of alkyl halides is 2. The molecule has 0 atom stereocenters. The van der Waals surface area contributed by atoms with Crippen LogP contribution in [0, 0.1) is 17.3 Å². The van der Waals surface area contributed by atoms with E-state index in [9.17, 15) is 13.6 Å². The summed E-state index contributed by atoms with van der Waals surface area (Å²) in [5.74, 6) is 6.57. The van der Waals surface area contributed by atoms with Gasteiger partial charge in [-0.15, -0.1) is 0 Å². The summed E-state index contributed by atoms with van der Waals surface area (Å²) in [6.45, 7) is -1.54. The van der Waals surface area contributed by atoms with Gasteiger partial charge < -0.3 is 0 Å². The molecule has 4 rings (SSSR count). The van der Waals surface area contributed by atoms with E-state index >= 15 is 0 Å². The van der Waals surface area contributed by atoms with Crippen LogP contribution in [-0.2, 0) is 13.0 Å². The molecule has 3 heterocycles. The summed E-state index contributed by atoms with van der Waals surface area (Å²) in [6.07, 6.45) is 2.40. The van der Waals surface area contributed by atoms with Crippen molar-refractivity contribution in [2.75, 3.05) is 13.3 Å². The number of aryl methyl sites for hydroxylation is 1. The Kier molecular flexibility index (Phi) is 4.44. The molecule has 0 fully saturated rings. The van der Waals surface area contributed by atoms with Crippen LogP contribution in [-0.4, -0.2) is 27.9 Å². The maximum absolute atomic E-state index is 13.4. The van der Waals surface area contributed by atoms with Gasteiger partial charge in [0.25, 0.3) is 5.56 Å². The molecular weight excluding hydrogens is 348 g/mol. The first-order chi connectivity index (χ1) is 13.1. The van der Waals surface area contributed by atoms with Crippen LogP contribution in [0.1, 0.15) is 23.5 Å². The van der Waals surface area contributed by atoms with Crippen LogP contribution in [0.2, 0.25) is 0 Å². The van der Waals surface area contributed by atoms with Crippen LogP contribution >= 0.6 is 0 Å². The van der Waals surface area contributed by atoms with E-state index in [1.165, 1.54) is 4.57 Å². The largest absolute Gasteiger partial charge is 0.295 e. The zero-order valence-electron chi connectivity index (χ0n) is 14.6. The second-order valence-corrected chi connectivity index (χ2v) is 6.88. The molecule has 1 aliphatic rings. The van der Waals surface area contributed by atoms with Gasteiger partial charge in [-0.05, 0) is 42.7 Å². The molecule has 0 spiro atoms. The van der Waals surface area contributed by atoms with Crippen LogP contribution in [0.3, 0.4) is 0 Å². The van der Waals surface area contributed by atoms with E-state index in [1.54, 1.807) is 24.4 Å². The minimum atomic E-state index is -1.11. The van der Waals surface area contributed by atoms with E-state index in [1.807, 2.05) is 18.2 Å². The number of pyridine rings is 1. The summed E-state index contributed by atoms with van der Waals surface area (Å²) in [5.41, 5.74) is 0.560. The van der Waals surface area contributed by atoms with Crippen molar-refractivity contribution in [3.05, 3.63) is 70.0 Å². The van der Waals surface area contributed by atoms with Crippen molar-refractivity contribution in [1.82, 2.24) is 14.5 Å². The lowest BCUT2D eigenvalue weighted by atomic mass is 9.83. The van der Waals surface area contributed by atoms with Gasteiger partial charge in [-0.3, -0.25) is 18.1 Å². The summed E-state index contributed by atoms with van der Waals surface area (Å²) in [5, 5.41) is 0.427. The van der Waals surface area contributed by atoms with Crippen molar-refractivity contribution < 1.29 is 8.78 Å². The SMILES string of the molecule is O=c1c2ccc(C#Cc3ccccn3)cc2nc2n1CC(CF)(CF)CC2. The quantitative estimate of drug-likeness (QED) is 0.656. The molecule has 136 valence electrons. The molecule has 0 saturated heterocycles. The molecule has 0 aliphatic carbocycles. The van der Waals surface area contributed by atoms with Crippen LogP contribution < -0.4 is 5.56 Å². The van der Waals surface area contributed by atoms with Gasteiger partial charge in [0.15, 0.2) is 0 Å². The smallest absolute Gasteiger partial charge is 0.261 e. The lowest BCUT2D eigenvalue weighted by molar-refractivity contribution is 0.0974. The third kappa shape index (κ3) is 3.21. The predicted molar refractivity (Wildman–Crippen MR) is 98.9 cm³/mol. The highest BCUT2D eigenvalue weighted by atomic mass is 19.1. The molecule has 2 aromatic heterocycles. The first kappa shape index (κ1) is 17.3. The lowest BCUT2D eigenvalue weighted by Crippen LogP contribution is -2.42. The maximum atomic E-state index is 13.4. The van der Waals surface area contributed by atoms with Gasteiger partial charge >= 0.3 is 0 Å². The first-order valence-corrected chi connectivity index (χ1v) is 8.73. The normalized spacial score (nSPS) is 15.0. The predicted octanol–water partition coefficient (Wildman–Crippen LogP) is 3.06. The Morgan fingerprint density at radius 1 is 1.15 bits per heavy atom. The summed E-state index contributed by atoms with van der Waals surface area (Å²) >= 11 is 0. The highest BCUT2D eigenvalue weighted by molar-refractivity contribution is 5.79. The number of aromatic nitrogens is 3. The zero-order chi connectivity index (χ0) is 18.9. The Morgan fingerprint density at radius 3 is 2.74 bits per heavy atom. The average molecular weight is 365 g/mol. The number of hydrogen-bond donors (Lipinski definition) is 0. The summed E-state index contributed by atoms with van der Waals surface area (Å²) < 4.78 is 28.1. The van der Waals surface area contributed by atoms with E-state index in [2.05, 4.69) is 21.8 Å². The number of halogens is 2. The molecule has 0 saturated carbocycles. The minimum absolute atomic E-state index is 0.0261. The van der Waals surface area contributed by atoms with Gasteiger partial charge in [0, 0.05) is 30.1 Å². The standard InChI is InChI=1S/C21H17F2N3O/c22-12-21(13-23)9-8-19-25-18-11-15(4-6-16-3-1-2-10-24-16)5-7-17(18)20(27)26(19)14-21/h1-3,5,7,10-11H,8-9,12-14H2.